The second kappa shape index (κ2) is 5.01. The summed E-state index contributed by atoms with van der Waals surface area (Å²) in [5.74, 6) is 0. The number of aryl methyl sites for hydroxylation is 1. The first-order valence-corrected chi connectivity index (χ1v) is 6.17. The van der Waals surface area contributed by atoms with Crippen LogP contribution in [-0.2, 0) is 4.74 Å². The first-order valence-electron chi connectivity index (χ1n) is 5.38. The molecular formula is C11H13BrN2O3. The molecule has 17 heavy (non-hydrogen) atoms. The lowest BCUT2D eigenvalue weighted by Crippen LogP contribution is -2.33. The van der Waals surface area contributed by atoms with Crippen molar-refractivity contribution in [2.75, 3.05) is 18.5 Å². The topological polar surface area (TPSA) is 64.4 Å². The van der Waals surface area contributed by atoms with E-state index >= 15 is 0 Å². The van der Waals surface area contributed by atoms with Crippen LogP contribution in [-0.4, -0.2) is 24.2 Å². The number of nitro benzene ring substituents is 1. The van der Waals surface area contributed by atoms with Crippen LogP contribution >= 0.6 is 15.9 Å². The number of benzene rings is 1. The van der Waals surface area contributed by atoms with Gasteiger partial charge in [0.1, 0.15) is 5.69 Å². The number of rotatable bonds is 4. The van der Waals surface area contributed by atoms with Crippen LogP contribution in [0.5, 0.6) is 0 Å². The number of nitrogens with zero attached hydrogens (tertiary/aromatic N) is 1. The van der Waals surface area contributed by atoms with E-state index in [0.717, 1.165) is 17.5 Å². The largest absolute Gasteiger partial charge is 0.377 e. The normalized spacial score (nSPS) is 18.6. The molecule has 0 aliphatic carbocycles. The number of hydrogen-bond donors (Lipinski definition) is 1. The van der Waals surface area contributed by atoms with Gasteiger partial charge in [0.15, 0.2) is 0 Å². The maximum Gasteiger partial charge on any atom is 0.295 e. The van der Waals surface area contributed by atoms with Crippen LogP contribution in [0.1, 0.15) is 12.0 Å². The molecule has 0 spiro atoms. The molecule has 0 bridgehead atoms. The van der Waals surface area contributed by atoms with Crippen molar-refractivity contribution >= 4 is 27.3 Å². The Hall–Kier alpha value is -1.14. The fraction of sp³-hybridized carbons (Fsp3) is 0.455. The molecule has 1 atom stereocenters. The minimum atomic E-state index is -0.355. The van der Waals surface area contributed by atoms with Gasteiger partial charge in [0.25, 0.3) is 5.69 Å². The second-order valence-electron chi connectivity index (χ2n) is 4.04. The third-order valence-corrected chi connectivity index (χ3v) is 3.22. The van der Waals surface area contributed by atoms with Crippen molar-refractivity contribution in [1.29, 1.82) is 0 Å². The molecule has 92 valence electrons. The molecule has 1 saturated heterocycles. The number of halogens is 1. The van der Waals surface area contributed by atoms with E-state index in [4.69, 9.17) is 4.74 Å². The lowest BCUT2D eigenvalue weighted by molar-refractivity contribution is -0.384. The van der Waals surface area contributed by atoms with Crippen molar-refractivity contribution in [3.8, 4) is 0 Å². The molecule has 2 rings (SSSR count). The fourth-order valence-corrected chi connectivity index (χ4v) is 2.35. The van der Waals surface area contributed by atoms with Gasteiger partial charge in [-0.1, -0.05) is 15.9 Å². The van der Waals surface area contributed by atoms with Crippen LogP contribution in [0.3, 0.4) is 0 Å². The number of anilines is 1. The standard InChI is InChI=1S/C11H13BrN2O3/c1-7-4-8(12)5-10(11(7)14(15)16)13-6-9-2-3-17-9/h4-5,9,13H,2-3,6H2,1H3/t9-/m0/s1. The van der Waals surface area contributed by atoms with Gasteiger partial charge < -0.3 is 10.1 Å². The number of nitrogens with one attached hydrogen (secondary N) is 1. The molecule has 1 aromatic carbocycles. The number of nitro groups is 1. The zero-order valence-corrected chi connectivity index (χ0v) is 11.0. The van der Waals surface area contributed by atoms with Gasteiger partial charge in [-0.15, -0.1) is 0 Å². The molecule has 1 aliphatic rings. The van der Waals surface area contributed by atoms with Gasteiger partial charge in [0.05, 0.1) is 11.0 Å². The molecule has 0 saturated carbocycles. The van der Waals surface area contributed by atoms with E-state index in [1.807, 2.05) is 0 Å². The van der Waals surface area contributed by atoms with Gasteiger partial charge in [-0.05, 0) is 25.5 Å². The second-order valence-corrected chi connectivity index (χ2v) is 4.95. The minimum absolute atomic E-state index is 0.132. The minimum Gasteiger partial charge on any atom is -0.377 e. The Labute approximate surface area is 107 Å². The van der Waals surface area contributed by atoms with Gasteiger partial charge in [-0.3, -0.25) is 10.1 Å². The highest BCUT2D eigenvalue weighted by Crippen LogP contribution is 2.32. The Kier molecular flexibility index (Phi) is 3.63. The Morgan fingerprint density at radius 3 is 2.88 bits per heavy atom. The number of ether oxygens (including phenoxy) is 1. The average molecular weight is 301 g/mol. The van der Waals surface area contributed by atoms with E-state index < -0.39 is 0 Å². The van der Waals surface area contributed by atoms with Gasteiger partial charge in [0.2, 0.25) is 0 Å². The summed E-state index contributed by atoms with van der Waals surface area (Å²) < 4.78 is 6.10. The van der Waals surface area contributed by atoms with E-state index in [-0.39, 0.29) is 16.7 Å². The molecule has 1 fully saturated rings. The molecule has 0 radical (unpaired) electrons. The summed E-state index contributed by atoms with van der Waals surface area (Å²) in [5, 5.41) is 14.1. The summed E-state index contributed by atoms with van der Waals surface area (Å²) in [6.07, 6.45) is 1.18. The Morgan fingerprint density at radius 1 is 1.65 bits per heavy atom. The van der Waals surface area contributed by atoms with E-state index in [0.29, 0.717) is 17.8 Å². The van der Waals surface area contributed by atoms with Crippen molar-refractivity contribution in [3.63, 3.8) is 0 Å². The van der Waals surface area contributed by atoms with Crippen molar-refractivity contribution in [2.24, 2.45) is 0 Å². The Bertz CT molecular complexity index is 447. The van der Waals surface area contributed by atoms with Crippen molar-refractivity contribution in [1.82, 2.24) is 0 Å². The summed E-state index contributed by atoms with van der Waals surface area (Å²) in [6.45, 7) is 3.12. The summed E-state index contributed by atoms with van der Waals surface area (Å²) >= 11 is 3.34. The lowest BCUT2D eigenvalue weighted by Gasteiger charge is -2.26. The Balaban J connectivity index is 2.20. The average Bonchev–Trinajstić information content (AvgIpc) is 2.12. The van der Waals surface area contributed by atoms with Crippen LogP contribution in [0.15, 0.2) is 16.6 Å². The third-order valence-electron chi connectivity index (χ3n) is 2.76. The molecule has 1 N–H and O–H groups in total. The first-order chi connectivity index (χ1) is 8.08. The van der Waals surface area contributed by atoms with Crippen LogP contribution in [0.25, 0.3) is 0 Å². The summed E-state index contributed by atoms with van der Waals surface area (Å²) in [5.41, 5.74) is 1.31. The Morgan fingerprint density at radius 2 is 2.35 bits per heavy atom. The van der Waals surface area contributed by atoms with E-state index in [1.165, 1.54) is 0 Å². The van der Waals surface area contributed by atoms with Gasteiger partial charge in [-0.2, -0.15) is 0 Å². The molecule has 1 heterocycles. The molecular weight excluding hydrogens is 288 g/mol. The van der Waals surface area contributed by atoms with Crippen LogP contribution in [0.2, 0.25) is 0 Å². The molecule has 0 unspecified atom stereocenters. The summed E-state index contributed by atoms with van der Waals surface area (Å²) in [6, 6.07) is 3.47. The highest BCUT2D eigenvalue weighted by atomic mass is 79.9. The van der Waals surface area contributed by atoms with Crippen LogP contribution in [0.4, 0.5) is 11.4 Å². The van der Waals surface area contributed by atoms with Crippen molar-refractivity contribution in [3.05, 3.63) is 32.3 Å². The fourth-order valence-electron chi connectivity index (χ4n) is 1.78. The lowest BCUT2D eigenvalue weighted by atomic mass is 10.1. The van der Waals surface area contributed by atoms with Crippen LogP contribution < -0.4 is 5.32 Å². The van der Waals surface area contributed by atoms with E-state index in [9.17, 15) is 10.1 Å². The third kappa shape index (κ3) is 2.76. The zero-order valence-electron chi connectivity index (χ0n) is 9.40. The SMILES string of the molecule is Cc1cc(Br)cc(NC[C@@H]2CCO2)c1[N+](=O)[O-]. The summed E-state index contributed by atoms with van der Waals surface area (Å²) in [7, 11) is 0. The van der Waals surface area contributed by atoms with Gasteiger partial charge in [0, 0.05) is 23.2 Å². The maximum atomic E-state index is 11.0. The van der Waals surface area contributed by atoms with Gasteiger partial charge >= 0.3 is 0 Å². The molecule has 0 aromatic heterocycles. The zero-order chi connectivity index (χ0) is 12.4. The predicted molar refractivity (Wildman–Crippen MR) is 68.4 cm³/mol. The molecule has 5 nitrogen and oxygen atoms in total. The van der Waals surface area contributed by atoms with E-state index in [1.54, 1.807) is 19.1 Å². The molecule has 1 aromatic rings. The number of hydrogen-bond acceptors (Lipinski definition) is 4. The van der Waals surface area contributed by atoms with Crippen molar-refractivity contribution < 1.29 is 9.66 Å². The highest BCUT2D eigenvalue weighted by Gasteiger charge is 2.22. The van der Waals surface area contributed by atoms with Crippen molar-refractivity contribution in [2.45, 2.75) is 19.4 Å². The molecule has 1 aliphatic heterocycles. The predicted octanol–water partition coefficient (Wildman–Crippen LogP) is 2.87. The van der Waals surface area contributed by atoms with Gasteiger partial charge in [-0.25, -0.2) is 0 Å². The smallest absolute Gasteiger partial charge is 0.295 e. The molecule has 0 amide bonds. The summed E-state index contributed by atoms with van der Waals surface area (Å²) in [4.78, 5) is 10.6. The highest BCUT2D eigenvalue weighted by molar-refractivity contribution is 9.10. The quantitative estimate of drug-likeness (QED) is 0.686. The molecule has 6 heteroatoms. The van der Waals surface area contributed by atoms with Crippen LogP contribution in [0, 0.1) is 17.0 Å². The monoisotopic (exact) mass is 300 g/mol. The first kappa shape index (κ1) is 12.3. The van der Waals surface area contributed by atoms with E-state index in [2.05, 4.69) is 21.2 Å². The maximum absolute atomic E-state index is 11.0.